The quantitative estimate of drug-likeness (QED) is 0.757. The van der Waals surface area contributed by atoms with Gasteiger partial charge in [0.1, 0.15) is 17.0 Å². The molecule has 1 heterocycles. The molecule has 0 saturated carbocycles. The van der Waals surface area contributed by atoms with Crippen molar-refractivity contribution in [2.24, 2.45) is 0 Å². The number of nitrogens with zero attached hydrogens (tertiary/aromatic N) is 1. The average molecular weight is 349 g/mol. The number of halogens is 1. The lowest BCUT2D eigenvalue weighted by atomic mass is 10.3. The maximum absolute atomic E-state index is 12.0. The molecule has 3 aromatic rings. The van der Waals surface area contributed by atoms with Crippen LogP contribution in [0.5, 0.6) is 11.5 Å². The standard InChI is InChI=1S/C16H13ClN2O3S/c1-21-12-8-7-11(17)15-14(12)19-16(23-15)18-13(20)9-22-10-5-3-2-4-6-10/h2-8H,9H2,1H3,(H,18,19,20). The van der Waals surface area contributed by atoms with Gasteiger partial charge in [-0.15, -0.1) is 0 Å². The molecule has 0 bridgehead atoms. The number of rotatable bonds is 5. The number of benzene rings is 2. The van der Waals surface area contributed by atoms with Gasteiger partial charge in [0.25, 0.3) is 5.91 Å². The maximum Gasteiger partial charge on any atom is 0.264 e. The summed E-state index contributed by atoms with van der Waals surface area (Å²) in [4.78, 5) is 16.3. The van der Waals surface area contributed by atoms with Crippen LogP contribution in [0.15, 0.2) is 42.5 Å². The predicted octanol–water partition coefficient (Wildman–Crippen LogP) is 3.98. The molecule has 0 aliphatic carbocycles. The number of hydrogen-bond acceptors (Lipinski definition) is 5. The lowest BCUT2D eigenvalue weighted by molar-refractivity contribution is -0.118. The lowest BCUT2D eigenvalue weighted by Gasteiger charge is -2.05. The zero-order valence-electron chi connectivity index (χ0n) is 12.2. The number of ether oxygens (including phenoxy) is 2. The molecule has 2 aromatic carbocycles. The molecule has 0 aliphatic rings. The topological polar surface area (TPSA) is 60.5 Å². The number of hydrogen-bond donors (Lipinski definition) is 1. The summed E-state index contributed by atoms with van der Waals surface area (Å²) in [5.41, 5.74) is 0.629. The highest BCUT2D eigenvalue weighted by molar-refractivity contribution is 7.23. The van der Waals surface area contributed by atoms with Gasteiger partial charge in [0.15, 0.2) is 11.7 Å². The molecule has 0 aliphatic heterocycles. The van der Waals surface area contributed by atoms with Crippen LogP contribution in [0.3, 0.4) is 0 Å². The summed E-state index contributed by atoms with van der Waals surface area (Å²) in [5.74, 6) is 0.960. The minimum Gasteiger partial charge on any atom is -0.494 e. The van der Waals surface area contributed by atoms with Gasteiger partial charge in [-0.2, -0.15) is 0 Å². The second-order valence-electron chi connectivity index (χ2n) is 4.60. The van der Waals surface area contributed by atoms with Crippen molar-refractivity contribution in [3.63, 3.8) is 0 Å². The molecule has 118 valence electrons. The van der Waals surface area contributed by atoms with E-state index in [1.165, 1.54) is 11.3 Å². The molecule has 7 heteroatoms. The van der Waals surface area contributed by atoms with E-state index in [0.29, 0.717) is 27.2 Å². The number of nitrogens with one attached hydrogen (secondary N) is 1. The molecule has 0 radical (unpaired) electrons. The van der Waals surface area contributed by atoms with Gasteiger partial charge in [-0.3, -0.25) is 10.1 Å². The third-order valence-electron chi connectivity index (χ3n) is 3.04. The zero-order chi connectivity index (χ0) is 16.2. The SMILES string of the molecule is COc1ccc(Cl)c2sc(NC(=O)COc3ccccc3)nc12. The fourth-order valence-electron chi connectivity index (χ4n) is 1.99. The third kappa shape index (κ3) is 3.55. The third-order valence-corrected chi connectivity index (χ3v) is 4.47. The van der Waals surface area contributed by atoms with Crippen molar-refractivity contribution < 1.29 is 14.3 Å². The van der Waals surface area contributed by atoms with E-state index in [1.807, 2.05) is 18.2 Å². The van der Waals surface area contributed by atoms with E-state index in [-0.39, 0.29) is 12.5 Å². The van der Waals surface area contributed by atoms with Gasteiger partial charge in [0.05, 0.1) is 16.8 Å². The molecule has 0 fully saturated rings. The Morgan fingerprint density at radius 2 is 2.04 bits per heavy atom. The number of carbonyl (C=O) groups is 1. The van der Waals surface area contributed by atoms with E-state index in [4.69, 9.17) is 21.1 Å². The van der Waals surface area contributed by atoms with Crippen LogP contribution in [-0.4, -0.2) is 24.6 Å². The van der Waals surface area contributed by atoms with Gasteiger partial charge in [-0.05, 0) is 24.3 Å². The Bertz CT molecular complexity index is 836. The van der Waals surface area contributed by atoms with Crippen molar-refractivity contribution in [1.82, 2.24) is 4.98 Å². The summed E-state index contributed by atoms with van der Waals surface area (Å²) in [6.45, 7) is -0.0925. The maximum atomic E-state index is 12.0. The molecule has 5 nitrogen and oxygen atoms in total. The van der Waals surface area contributed by atoms with E-state index < -0.39 is 0 Å². The van der Waals surface area contributed by atoms with E-state index in [1.54, 1.807) is 31.4 Å². The van der Waals surface area contributed by atoms with Gasteiger partial charge < -0.3 is 9.47 Å². The highest BCUT2D eigenvalue weighted by atomic mass is 35.5. The number of thiazole rings is 1. The first-order valence-corrected chi connectivity index (χ1v) is 7.97. The number of methoxy groups -OCH3 is 1. The summed E-state index contributed by atoms with van der Waals surface area (Å²) >= 11 is 7.45. The molecule has 1 N–H and O–H groups in total. The number of carbonyl (C=O) groups excluding carboxylic acids is 1. The number of anilines is 1. The second kappa shape index (κ2) is 6.85. The number of fused-ring (bicyclic) bond motifs is 1. The van der Waals surface area contributed by atoms with Crippen LogP contribution < -0.4 is 14.8 Å². The van der Waals surface area contributed by atoms with Crippen molar-refractivity contribution in [3.05, 3.63) is 47.5 Å². The van der Waals surface area contributed by atoms with Crippen LogP contribution in [0.4, 0.5) is 5.13 Å². The molecule has 23 heavy (non-hydrogen) atoms. The number of amides is 1. The molecule has 3 rings (SSSR count). The Kier molecular flexibility index (Phi) is 4.64. The van der Waals surface area contributed by atoms with E-state index in [0.717, 1.165) is 4.70 Å². The largest absolute Gasteiger partial charge is 0.494 e. The molecule has 0 saturated heterocycles. The molecule has 0 atom stereocenters. The minimum absolute atomic E-state index is 0.0925. The van der Waals surface area contributed by atoms with Crippen molar-refractivity contribution >= 4 is 44.2 Å². The van der Waals surface area contributed by atoms with Gasteiger partial charge >= 0.3 is 0 Å². The normalized spacial score (nSPS) is 10.5. The summed E-state index contributed by atoms with van der Waals surface area (Å²) in [7, 11) is 1.56. The van der Waals surface area contributed by atoms with Gasteiger partial charge in [-0.25, -0.2) is 4.98 Å². The molecular weight excluding hydrogens is 336 g/mol. The van der Waals surface area contributed by atoms with Gasteiger partial charge in [0.2, 0.25) is 0 Å². The Balaban J connectivity index is 1.71. The van der Waals surface area contributed by atoms with Crippen molar-refractivity contribution in [2.45, 2.75) is 0 Å². The van der Waals surface area contributed by atoms with Crippen molar-refractivity contribution in [2.75, 3.05) is 19.0 Å². The van der Waals surface area contributed by atoms with Crippen LogP contribution in [0.25, 0.3) is 10.2 Å². The first-order chi connectivity index (χ1) is 11.2. The van der Waals surface area contributed by atoms with Gasteiger partial charge in [0, 0.05) is 0 Å². The lowest BCUT2D eigenvalue weighted by Crippen LogP contribution is -2.19. The molecule has 1 aromatic heterocycles. The van der Waals surface area contributed by atoms with Gasteiger partial charge in [-0.1, -0.05) is 41.1 Å². The van der Waals surface area contributed by atoms with Crippen LogP contribution in [-0.2, 0) is 4.79 Å². The molecule has 0 spiro atoms. The summed E-state index contributed by atoms with van der Waals surface area (Å²) < 4.78 is 11.4. The summed E-state index contributed by atoms with van der Waals surface area (Å²) in [6.07, 6.45) is 0. The predicted molar refractivity (Wildman–Crippen MR) is 91.7 cm³/mol. The second-order valence-corrected chi connectivity index (χ2v) is 6.00. The van der Waals surface area contributed by atoms with E-state index in [2.05, 4.69) is 10.3 Å². The number of aromatic nitrogens is 1. The number of para-hydroxylation sites is 1. The monoisotopic (exact) mass is 348 g/mol. The molecule has 1 amide bonds. The van der Waals surface area contributed by atoms with Crippen LogP contribution >= 0.6 is 22.9 Å². The van der Waals surface area contributed by atoms with Crippen LogP contribution in [0.2, 0.25) is 5.02 Å². The Morgan fingerprint density at radius 3 is 2.78 bits per heavy atom. The van der Waals surface area contributed by atoms with E-state index in [9.17, 15) is 4.79 Å². The summed E-state index contributed by atoms with van der Waals surface area (Å²) in [5, 5.41) is 3.73. The summed E-state index contributed by atoms with van der Waals surface area (Å²) in [6, 6.07) is 12.6. The smallest absolute Gasteiger partial charge is 0.264 e. The Hall–Kier alpha value is -2.31. The van der Waals surface area contributed by atoms with E-state index >= 15 is 0 Å². The highest BCUT2D eigenvalue weighted by Gasteiger charge is 2.14. The first-order valence-electron chi connectivity index (χ1n) is 6.78. The van der Waals surface area contributed by atoms with Crippen molar-refractivity contribution in [1.29, 1.82) is 0 Å². The molecule has 0 unspecified atom stereocenters. The highest BCUT2D eigenvalue weighted by Crippen LogP contribution is 2.37. The average Bonchev–Trinajstić information content (AvgIpc) is 2.99. The Labute approximate surface area is 141 Å². The van der Waals surface area contributed by atoms with Crippen LogP contribution in [0.1, 0.15) is 0 Å². The van der Waals surface area contributed by atoms with Crippen LogP contribution in [0, 0.1) is 0 Å². The minimum atomic E-state index is -0.289. The Morgan fingerprint density at radius 1 is 1.26 bits per heavy atom. The fraction of sp³-hybridized carbons (Fsp3) is 0.125. The first kappa shape index (κ1) is 15.6. The zero-order valence-corrected chi connectivity index (χ0v) is 13.8. The molecular formula is C16H13ClN2O3S. The fourth-order valence-corrected chi connectivity index (χ4v) is 3.16. The van der Waals surface area contributed by atoms with Crippen molar-refractivity contribution in [3.8, 4) is 11.5 Å².